The predicted octanol–water partition coefficient (Wildman–Crippen LogP) is 2.01. The number of halogens is 1. The maximum atomic E-state index is 11.6. The summed E-state index contributed by atoms with van der Waals surface area (Å²) in [6.07, 6.45) is 0. The summed E-state index contributed by atoms with van der Waals surface area (Å²) in [4.78, 5) is 15.6. The molecule has 0 bridgehead atoms. The van der Waals surface area contributed by atoms with E-state index in [4.69, 9.17) is 11.6 Å². The van der Waals surface area contributed by atoms with E-state index in [1.165, 1.54) is 0 Å². The zero-order valence-electron chi connectivity index (χ0n) is 10.3. The van der Waals surface area contributed by atoms with Crippen molar-refractivity contribution in [1.29, 1.82) is 0 Å². The van der Waals surface area contributed by atoms with Crippen molar-refractivity contribution in [2.45, 2.75) is 6.92 Å². The first kappa shape index (κ1) is 12.8. The van der Waals surface area contributed by atoms with Gasteiger partial charge in [-0.25, -0.2) is 0 Å². The zero-order valence-corrected chi connectivity index (χ0v) is 11.1. The number of nitrogens with zero attached hydrogens (tertiary/aromatic N) is 2. The van der Waals surface area contributed by atoms with Crippen LogP contribution in [0.2, 0.25) is 5.02 Å². The summed E-state index contributed by atoms with van der Waals surface area (Å²) in [6, 6.07) is 7.78. The summed E-state index contributed by atoms with van der Waals surface area (Å²) in [5, 5.41) is 0.741. The zero-order chi connectivity index (χ0) is 13.0. The minimum absolute atomic E-state index is 0.0757. The minimum Gasteiger partial charge on any atom is -0.368 e. The van der Waals surface area contributed by atoms with Crippen molar-refractivity contribution < 1.29 is 4.79 Å². The first-order chi connectivity index (χ1) is 8.70. The number of hydrogen-bond donors (Lipinski definition) is 0. The van der Waals surface area contributed by atoms with Crippen molar-refractivity contribution in [3.05, 3.63) is 29.3 Å². The SMILES string of the molecule is CC#CC(=O)N1CCN(c2ccc(Cl)cc2)CC1. The Labute approximate surface area is 112 Å². The van der Waals surface area contributed by atoms with Crippen LogP contribution in [0.15, 0.2) is 24.3 Å². The van der Waals surface area contributed by atoms with Crippen molar-refractivity contribution in [2.75, 3.05) is 31.1 Å². The van der Waals surface area contributed by atoms with Crippen molar-refractivity contribution in [3.63, 3.8) is 0 Å². The minimum atomic E-state index is -0.0757. The highest BCUT2D eigenvalue weighted by Crippen LogP contribution is 2.19. The number of benzene rings is 1. The summed E-state index contributed by atoms with van der Waals surface area (Å²) < 4.78 is 0. The number of carbonyl (C=O) groups excluding carboxylic acids is 1. The Balaban J connectivity index is 1.95. The van der Waals surface area contributed by atoms with Gasteiger partial charge in [-0.1, -0.05) is 17.5 Å². The van der Waals surface area contributed by atoms with Gasteiger partial charge in [0.2, 0.25) is 0 Å². The van der Waals surface area contributed by atoms with Crippen LogP contribution in [0, 0.1) is 11.8 Å². The first-order valence-corrected chi connectivity index (χ1v) is 6.30. The number of rotatable bonds is 1. The second kappa shape index (κ2) is 5.79. The summed E-state index contributed by atoms with van der Waals surface area (Å²) in [6.45, 7) is 4.78. The maximum absolute atomic E-state index is 11.6. The fourth-order valence-corrected chi connectivity index (χ4v) is 2.13. The van der Waals surface area contributed by atoms with Crippen LogP contribution < -0.4 is 4.90 Å². The molecule has 1 aliphatic rings. The van der Waals surface area contributed by atoms with E-state index >= 15 is 0 Å². The maximum Gasteiger partial charge on any atom is 0.298 e. The summed E-state index contributed by atoms with van der Waals surface area (Å²) >= 11 is 5.86. The number of piperazine rings is 1. The van der Waals surface area contributed by atoms with Gasteiger partial charge in [-0.2, -0.15) is 0 Å². The fourth-order valence-electron chi connectivity index (χ4n) is 2.01. The third-order valence-electron chi connectivity index (χ3n) is 2.99. The number of hydrogen-bond acceptors (Lipinski definition) is 2. The van der Waals surface area contributed by atoms with Crippen molar-refractivity contribution in [3.8, 4) is 11.8 Å². The smallest absolute Gasteiger partial charge is 0.298 e. The van der Waals surface area contributed by atoms with E-state index < -0.39 is 0 Å². The molecule has 1 aliphatic heterocycles. The van der Waals surface area contributed by atoms with Gasteiger partial charge in [-0.05, 0) is 37.1 Å². The molecule has 0 aromatic heterocycles. The Morgan fingerprint density at radius 3 is 2.33 bits per heavy atom. The highest BCUT2D eigenvalue weighted by molar-refractivity contribution is 6.30. The lowest BCUT2D eigenvalue weighted by Gasteiger charge is -2.35. The Bertz CT molecular complexity index is 479. The van der Waals surface area contributed by atoms with Gasteiger partial charge in [0, 0.05) is 36.9 Å². The van der Waals surface area contributed by atoms with Crippen LogP contribution in [0.5, 0.6) is 0 Å². The van der Waals surface area contributed by atoms with E-state index in [1.54, 1.807) is 11.8 Å². The topological polar surface area (TPSA) is 23.6 Å². The second-order valence-electron chi connectivity index (χ2n) is 4.13. The number of amides is 1. The summed E-state index contributed by atoms with van der Waals surface area (Å²) in [5.41, 5.74) is 1.15. The van der Waals surface area contributed by atoms with E-state index in [0.717, 1.165) is 36.9 Å². The Morgan fingerprint density at radius 2 is 1.78 bits per heavy atom. The average Bonchev–Trinajstić information content (AvgIpc) is 2.40. The Kier molecular flexibility index (Phi) is 4.11. The molecule has 0 radical (unpaired) electrons. The van der Waals surface area contributed by atoms with Gasteiger partial charge in [-0.3, -0.25) is 4.79 Å². The second-order valence-corrected chi connectivity index (χ2v) is 4.57. The van der Waals surface area contributed by atoms with Crippen molar-refractivity contribution in [1.82, 2.24) is 4.90 Å². The average molecular weight is 263 g/mol. The largest absolute Gasteiger partial charge is 0.368 e. The highest BCUT2D eigenvalue weighted by atomic mass is 35.5. The van der Waals surface area contributed by atoms with Crippen LogP contribution in [0.1, 0.15) is 6.92 Å². The van der Waals surface area contributed by atoms with Crippen molar-refractivity contribution in [2.24, 2.45) is 0 Å². The van der Waals surface area contributed by atoms with Gasteiger partial charge in [0.1, 0.15) is 0 Å². The molecule has 1 saturated heterocycles. The molecule has 4 heteroatoms. The van der Waals surface area contributed by atoms with Crippen LogP contribution >= 0.6 is 11.6 Å². The summed E-state index contributed by atoms with van der Waals surface area (Å²) in [5.74, 6) is 5.15. The lowest BCUT2D eigenvalue weighted by molar-refractivity contribution is -0.125. The molecule has 1 aromatic carbocycles. The molecule has 0 atom stereocenters. The quantitative estimate of drug-likeness (QED) is 0.723. The monoisotopic (exact) mass is 262 g/mol. The van der Waals surface area contributed by atoms with Gasteiger partial charge in [0.25, 0.3) is 5.91 Å². The lowest BCUT2D eigenvalue weighted by Crippen LogP contribution is -2.48. The van der Waals surface area contributed by atoms with Gasteiger partial charge >= 0.3 is 0 Å². The molecule has 0 saturated carbocycles. The number of anilines is 1. The van der Waals surface area contributed by atoms with Gasteiger partial charge in [0.05, 0.1) is 0 Å². The van der Waals surface area contributed by atoms with E-state index in [-0.39, 0.29) is 5.91 Å². The van der Waals surface area contributed by atoms with E-state index in [2.05, 4.69) is 16.7 Å². The van der Waals surface area contributed by atoms with Crippen LogP contribution in [0.3, 0.4) is 0 Å². The molecule has 0 N–H and O–H groups in total. The van der Waals surface area contributed by atoms with E-state index in [0.29, 0.717) is 0 Å². The molecule has 0 unspecified atom stereocenters. The van der Waals surface area contributed by atoms with E-state index in [9.17, 15) is 4.79 Å². The molecule has 0 spiro atoms. The molecule has 0 aliphatic carbocycles. The molecular formula is C14H15ClN2O. The normalized spacial score (nSPS) is 15.0. The third kappa shape index (κ3) is 2.96. The van der Waals surface area contributed by atoms with Crippen LogP contribution in [0.25, 0.3) is 0 Å². The molecular weight excluding hydrogens is 248 g/mol. The molecule has 1 amide bonds. The molecule has 94 valence electrons. The molecule has 1 heterocycles. The highest BCUT2D eigenvalue weighted by Gasteiger charge is 2.19. The molecule has 1 aromatic rings. The molecule has 1 fully saturated rings. The van der Waals surface area contributed by atoms with Gasteiger partial charge in [0.15, 0.2) is 0 Å². The lowest BCUT2D eigenvalue weighted by atomic mass is 10.2. The van der Waals surface area contributed by atoms with Crippen LogP contribution in [-0.4, -0.2) is 37.0 Å². The number of carbonyl (C=O) groups is 1. The van der Waals surface area contributed by atoms with Gasteiger partial charge < -0.3 is 9.80 Å². The molecule has 18 heavy (non-hydrogen) atoms. The van der Waals surface area contributed by atoms with Crippen LogP contribution in [-0.2, 0) is 4.79 Å². The Hall–Kier alpha value is -1.66. The molecule has 3 nitrogen and oxygen atoms in total. The van der Waals surface area contributed by atoms with Gasteiger partial charge in [-0.15, -0.1) is 0 Å². The standard InChI is InChI=1S/C14H15ClN2O/c1-2-3-14(18)17-10-8-16(9-11-17)13-6-4-12(15)5-7-13/h4-7H,8-11H2,1H3. The Morgan fingerprint density at radius 1 is 1.17 bits per heavy atom. The van der Waals surface area contributed by atoms with Crippen molar-refractivity contribution >= 4 is 23.2 Å². The fraction of sp³-hybridized carbons (Fsp3) is 0.357. The first-order valence-electron chi connectivity index (χ1n) is 5.93. The third-order valence-corrected chi connectivity index (χ3v) is 3.24. The van der Waals surface area contributed by atoms with Crippen LogP contribution in [0.4, 0.5) is 5.69 Å². The summed E-state index contributed by atoms with van der Waals surface area (Å²) in [7, 11) is 0. The predicted molar refractivity (Wildman–Crippen MR) is 73.7 cm³/mol. The molecule has 2 rings (SSSR count). The van der Waals surface area contributed by atoms with E-state index in [1.807, 2.05) is 24.3 Å².